The Bertz CT molecular complexity index is 1850. The molecule has 0 unspecified atom stereocenters. The first-order valence-corrected chi connectivity index (χ1v) is 16.3. The molecule has 0 bridgehead atoms. The molecule has 4 aromatic rings. The minimum absolute atomic E-state index is 0.0637. The summed E-state index contributed by atoms with van der Waals surface area (Å²) in [5.41, 5.74) is 8.22. The number of methoxy groups -OCH3 is 1. The largest absolute Gasteiger partial charge is 0.496 e. The van der Waals surface area contributed by atoms with Crippen LogP contribution in [-0.4, -0.2) is 67.3 Å². The lowest BCUT2D eigenvalue weighted by Crippen LogP contribution is -2.45. The molecule has 2 heterocycles. The lowest BCUT2D eigenvalue weighted by Gasteiger charge is -2.23. The van der Waals surface area contributed by atoms with Crippen LogP contribution in [0.25, 0.3) is 11.0 Å². The molecule has 0 aliphatic carbocycles. The van der Waals surface area contributed by atoms with E-state index in [1.165, 1.54) is 29.2 Å². The number of ether oxygens (including phenoxy) is 1. The Morgan fingerprint density at radius 1 is 1.04 bits per heavy atom. The van der Waals surface area contributed by atoms with Crippen molar-refractivity contribution in [3.05, 3.63) is 93.7 Å². The summed E-state index contributed by atoms with van der Waals surface area (Å²) in [7, 11) is 1.60. The molecule has 1 atom stereocenters. The monoisotopic (exact) mass is 716 g/mol. The number of benzene rings is 3. The van der Waals surface area contributed by atoms with Crippen molar-refractivity contribution in [2.24, 2.45) is 10.7 Å². The predicted octanol–water partition coefficient (Wildman–Crippen LogP) is 4.55. The van der Waals surface area contributed by atoms with Crippen LogP contribution < -0.4 is 26.4 Å². The summed E-state index contributed by atoms with van der Waals surface area (Å²) < 4.78 is 11.8. The zero-order valence-electron chi connectivity index (χ0n) is 26.7. The van der Waals surface area contributed by atoms with Gasteiger partial charge < -0.3 is 30.4 Å². The summed E-state index contributed by atoms with van der Waals surface area (Å²) in [6.45, 7) is 2.58. The molecular weight excluding hydrogens is 680 g/mol. The fraction of sp³-hybridized carbons (Fsp3) is 0.286. The van der Waals surface area contributed by atoms with Crippen LogP contribution >= 0.6 is 15.9 Å². The maximum atomic E-state index is 13.7. The van der Waals surface area contributed by atoms with E-state index in [-0.39, 0.29) is 35.4 Å². The number of amides is 4. The highest BCUT2D eigenvalue weighted by atomic mass is 79.9. The van der Waals surface area contributed by atoms with Crippen LogP contribution in [0.5, 0.6) is 5.75 Å². The van der Waals surface area contributed by atoms with Gasteiger partial charge in [0, 0.05) is 35.3 Å². The number of guanidine groups is 1. The van der Waals surface area contributed by atoms with E-state index >= 15 is 0 Å². The molecule has 48 heavy (non-hydrogen) atoms. The summed E-state index contributed by atoms with van der Waals surface area (Å²) in [6.07, 6.45) is 2.47. The molecule has 1 aliphatic heterocycles. The highest BCUT2D eigenvalue weighted by Gasteiger charge is 2.29. The van der Waals surface area contributed by atoms with Gasteiger partial charge in [-0.2, -0.15) is 0 Å². The van der Waals surface area contributed by atoms with E-state index in [0.29, 0.717) is 50.0 Å². The molecule has 5 N–H and O–H groups in total. The number of furan rings is 1. The van der Waals surface area contributed by atoms with Gasteiger partial charge in [-0.15, -0.1) is 0 Å². The zero-order valence-corrected chi connectivity index (χ0v) is 28.3. The van der Waals surface area contributed by atoms with E-state index in [1.807, 2.05) is 37.3 Å². The first-order valence-electron chi connectivity index (χ1n) is 15.5. The first kappa shape index (κ1) is 34.2. The van der Waals surface area contributed by atoms with Gasteiger partial charge in [-0.1, -0.05) is 6.07 Å². The molecule has 1 saturated heterocycles. The summed E-state index contributed by atoms with van der Waals surface area (Å²) in [6, 6.07) is 18.1. The Hall–Kier alpha value is -5.17. The second kappa shape index (κ2) is 15.6. The van der Waals surface area contributed by atoms with Crippen molar-refractivity contribution < 1.29 is 28.3 Å². The standard InChI is InChI=1S/C35H37BrN6O6/c1-21-17-25-19-26(11-13-29(25)48-21)39-35(41-33(45)24-9-7-23(8-10-24)32(37)44)40-28-5-3-4-16-42(34(28)46)20-31(43)38-15-14-22-6-12-30(47-2)27(36)18-22/h6-13,17-19,28H,3-5,14-16,20H2,1-2H3,(H2,37,44)(H,38,43)(H2,39,40,41,45)/t28-/m0/s1. The average molecular weight is 718 g/mol. The minimum Gasteiger partial charge on any atom is -0.496 e. The smallest absolute Gasteiger partial charge is 0.257 e. The second-order valence-corrected chi connectivity index (χ2v) is 12.3. The third-order valence-corrected chi connectivity index (χ3v) is 8.51. The Morgan fingerprint density at radius 3 is 2.54 bits per heavy atom. The van der Waals surface area contributed by atoms with Crippen LogP contribution in [0.3, 0.4) is 0 Å². The molecule has 0 saturated carbocycles. The maximum Gasteiger partial charge on any atom is 0.257 e. The number of likely N-dealkylation sites (tertiary alicyclic amines) is 1. The molecule has 0 spiro atoms. The Balaban J connectivity index is 1.30. The summed E-state index contributed by atoms with van der Waals surface area (Å²) >= 11 is 3.48. The van der Waals surface area contributed by atoms with Gasteiger partial charge in [-0.25, -0.2) is 4.99 Å². The van der Waals surface area contributed by atoms with Crippen LogP contribution in [0.1, 0.15) is 51.3 Å². The molecule has 0 radical (unpaired) electrons. The minimum atomic E-state index is -0.836. The fourth-order valence-electron chi connectivity index (χ4n) is 5.41. The van der Waals surface area contributed by atoms with Crippen molar-refractivity contribution in [2.45, 2.75) is 38.6 Å². The quantitative estimate of drug-likeness (QED) is 0.138. The lowest BCUT2D eigenvalue weighted by molar-refractivity contribution is -0.136. The van der Waals surface area contributed by atoms with Gasteiger partial charge in [0.25, 0.3) is 5.91 Å². The molecule has 250 valence electrons. The van der Waals surface area contributed by atoms with Crippen LogP contribution in [0.15, 0.2) is 80.6 Å². The number of hydrogen-bond acceptors (Lipinski definition) is 7. The number of aryl methyl sites for hydroxylation is 1. The number of fused-ring (bicyclic) bond motifs is 1. The number of carbonyl (C=O) groups is 4. The number of aliphatic imine (C=N–C) groups is 1. The van der Waals surface area contributed by atoms with Crippen molar-refractivity contribution >= 4 is 62.2 Å². The van der Waals surface area contributed by atoms with Crippen LogP contribution in [0, 0.1) is 6.92 Å². The van der Waals surface area contributed by atoms with E-state index in [4.69, 9.17) is 14.9 Å². The number of nitrogens with one attached hydrogen (secondary N) is 3. The Kier molecular flexibility index (Phi) is 11.1. The zero-order chi connectivity index (χ0) is 34.2. The highest BCUT2D eigenvalue weighted by molar-refractivity contribution is 9.10. The molecule has 13 heteroatoms. The first-order chi connectivity index (χ1) is 23.1. The number of primary amides is 1. The molecule has 5 rings (SSSR count). The fourth-order valence-corrected chi connectivity index (χ4v) is 6.00. The van der Waals surface area contributed by atoms with Crippen molar-refractivity contribution in [1.82, 2.24) is 15.5 Å². The van der Waals surface area contributed by atoms with E-state index in [0.717, 1.165) is 26.9 Å². The second-order valence-electron chi connectivity index (χ2n) is 11.4. The van der Waals surface area contributed by atoms with E-state index in [9.17, 15) is 19.2 Å². The number of rotatable bonds is 10. The van der Waals surface area contributed by atoms with Crippen LogP contribution in [-0.2, 0) is 16.0 Å². The van der Waals surface area contributed by atoms with Gasteiger partial charge in [0.2, 0.25) is 23.7 Å². The maximum absolute atomic E-state index is 13.7. The normalized spacial score (nSPS) is 15.1. The topological polar surface area (TPSA) is 168 Å². The lowest BCUT2D eigenvalue weighted by atomic mass is 10.1. The molecule has 1 aliphatic rings. The molecule has 3 aromatic carbocycles. The third-order valence-electron chi connectivity index (χ3n) is 7.89. The van der Waals surface area contributed by atoms with Gasteiger partial charge in [0.05, 0.1) is 18.1 Å². The number of nitrogens with two attached hydrogens (primary N) is 1. The van der Waals surface area contributed by atoms with E-state index < -0.39 is 17.9 Å². The van der Waals surface area contributed by atoms with E-state index in [1.54, 1.807) is 19.2 Å². The van der Waals surface area contributed by atoms with Gasteiger partial charge in [-0.05, 0) is 115 Å². The molecule has 4 amide bonds. The van der Waals surface area contributed by atoms with Crippen molar-refractivity contribution in [2.75, 3.05) is 32.1 Å². The van der Waals surface area contributed by atoms with Gasteiger partial charge in [0.15, 0.2) is 0 Å². The van der Waals surface area contributed by atoms with Crippen molar-refractivity contribution in [3.63, 3.8) is 0 Å². The molecule has 1 aromatic heterocycles. The van der Waals surface area contributed by atoms with Crippen LogP contribution in [0.2, 0.25) is 0 Å². The number of hydrogen-bond donors (Lipinski definition) is 4. The summed E-state index contributed by atoms with van der Waals surface area (Å²) in [5, 5.41) is 9.69. The molecule has 12 nitrogen and oxygen atoms in total. The highest BCUT2D eigenvalue weighted by Crippen LogP contribution is 2.26. The number of carbonyl (C=O) groups excluding carboxylic acids is 4. The third kappa shape index (κ3) is 8.79. The van der Waals surface area contributed by atoms with Gasteiger partial charge in [0.1, 0.15) is 23.1 Å². The predicted molar refractivity (Wildman–Crippen MR) is 186 cm³/mol. The summed E-state index contributed by atoms with van der Waals surface area (Å²) in [5.74, 6) is -0.132. The number of halogens is 1. The number of nitrogens with zero attached hydrogens (tertiary/aromatic N) is 2. The van der Waals surface area contributed by atoms with Gasteiger partial charge >= 0.3 is 0 Å². The average Bonchev–Trinajstić information content (AvgIpc) is 3.35. The Morgan fingerprint density at radius 2 is 1.81 bits per heavy atom. The summed E-state index contributed by atoms with van der Waals surface area (Å²) in [4.78, 5) is 57.6. The van der Waals surface area contributed by atoms with Crippen molar-refractivity contribution in [1.29, 1.82) is 0 Å². The Labute approximate surface area is 286 Å². The SMILES string of the molecule is COc1ccc(CCNC(=O)CN2CCCC[C@H](N=C(NC(=O)c3ccc(C(N)=O)cc3)Nc3ccc4oc(C)cc4c3)C2=O)cc1Br. The van der Waals surface area contributed by atoms with Gasteiger partial charge in [-0.3, -0.25) is 24.5 Å². The molecular formula is C35H37BrN6O6. The van der Waals surface area contributed by atoms with Crippen LogP contribution in [0.4, 0.5) is 5.69 Å². The number of anilines is 1. The molecule has 1 fully saturated rings. The van der Waals surface area contributed by atoms with E-state index in [2.05, 4.69) is 36.9 Å². The van der Waals surface area contributed by atoms with Crippen molar-refractivity contribution in [3.8, 4) is 5.75 Å².